The van der Waals surface area contributed by atoms with Crippen molar-refractivity contribution in [1.29, 1.82) is 0 Å². The van der Waals surface area contributed by atoms with Crippen molar-refractivity contribution in [3.05, 3.63) is 35.4 Å². The summed E-state index contributed by atoms with van der Waals surface area (Å²) in [6.07, 6.45) is -0.757. The lowest BCUT2D eigenvalue weighted by molar-refractivity contribution is -0.145. The highest BCUT2D eigenvalue weighted by atomic mass is 32.2. The molecule has 0 spiro atoms. The molecule has 1 aliphatic rings. The smallest absolute Gasteiger partial charge is 0.416 e. The number of esters is 1. The standard InChI is InChI=1S/C18H22F3NO3S/c1-3-4-5-6-15-22(14(11-26-15)17(24)25-2)16(23)12-7-9-13(10-8-12)18(19,20)21/h7-10,14-15H,3-6,11H2,1-2H3. The van der Waals surface area contributed by atoms with E-state index >= 15 is 0 Å². The topological polar surface area (TPSA) is 46.6 Å². The minimum absolute atomic E-state index is 0.134. The summed E-state index contributed by atoms with van der Waals surface area (Å²) in [5.41, 5.74) is -0.677. The molecule has 1 amide bonds. The van der Waals surface area contributed by atoms with E-state index in [2.05, 4.69) is 6.92 Å². The summed E-state index contributed by atoms with van der Waals surface area (Å²) in [5, 5.41) is -0.180. The molecule has 0 radical (unpaired) electrons. The van der Waals surface area contributed by atoms with Gasteiger partial charge in [-0.05, 0) is 30.7 Å². The number of thioether (sulfide) groups is 1. The summed E-state index contributed by atoms with van der Waals surface area (Å²) in [5.74, 6) is -0.521. The van der Waals surface area contributed by atoms with Crippen molar-refractivity contribution in [3.63, 3.8) is 0 Å². The third kappa shape index (κ3) is 4.72. The van der Waals surface area contributed by atoms with Crippen molar-refractivity contribution in [3.8, 4) is 0 Å². The van der Waals surface area contributed by atoms with Gasteiger partial charge in [0.1, 0.15) is 6.04 Å². The van der Waals surface area contributed by atoms with Crippen molar-refractivity contribution in [2.24, 2.45) is 0 Å². The normalized spacial score (nSPS) is 20.3. The maximum absolute atomic E-state index is 12.9. The Morgan fingerprint density at radius 1 is 1.23 bits per heavy atom. The average Bonchev–Trinajstić information content (AvgIpc) is 3.04. The zero-order chi connectivity index (χ0) is 19.3. The minimum Gasteiger partial charge on any atom is -0.467 e. The van der Waals surface area contributed by atoms with Gasteiger partial charge in [-0.25, -0.2) is 4.79 Å². The van der Waals surface area contributed by atoms with E-state index in [1.165, 1.54) is 23.8 Å². The van der Waals surface area contributed by atoms with Crippen LogP contribution >= 0.6 is 11.8 Å². The van der Waals surface area contributed by atoms with E-state index < -0.39 is 29.7 Å². The van der Waals surface area contributed by atoms with Crippen molar-refractivity contribution >= 4 is 23.6 Å². The van der Waals surface area contributed by atoms with Crippen LogP contribution in [0.15, 0.2) is 24.3 Å². The molecule has 2 atom stereocenters. The van der Waals surface area contributed by atoms with Crippen LogP contribution in [-0.2, 0) is 15.7 Å². The number of rotatable bonds is 6. The molecule has 0 N–H and O–H groups in total. The predicted octanol–water partition coefficient (Wildman–Crippen LogP) is 4.34. The highest BCUT2D eigenvalue weighted by molar-refractivity contribution is 8.00. The zero-order valence-corrected chi connectivity index (χ0v) is 15.5. The number of carbonyl (C=O) groups excluding carboxylic acids is 2. The van der Waals surface area contributed by atoms with Crippen LogP contribution < -0.4 is 0 Å². The highest BCUT2D eigenvalue weighted by Gasteiger charge is 2.42. The number of alkyl halides is 3. The summed E-state index contributed by atoms with van der Waals surface area (Å²) in [6, 6.07) is 3.37. The first-order chi connectivity index (χ1) is 12.3. The van der Waals surface area contributed by atoms with Crippen LogP contribution in [0.5, 0.6) is 0 Å². The van der Waals surface area contributed by atoms with E-state index in [4.69, 9.17) is 4.74 Å². The Bertz CT molecular complexity index is 634. The first kappa shape index (κ1) is 20.6. The number of unbranched alkanes of at least 4 members (excludes halogenated alkanes) is 2. The third-order valence-electron chi connectivity index (χ3n) is 4.31. The van der Waals surface area contributed by atoms with E-state index in [1.54, 1.807) is 0 Å². The molecule has 2 rings (SSSR count). The first-order valence-corrected chi connectivity index (χ1v) is 9.53. The molecular formula is C18H22F3NO3S. The molecule has 0 bridgehead atoms. The van der Waals surface area contributed by atoms with Gasteiger partial charge in [0.2, 0.25) is 0 Å². The molecule has 1 fully saturated rings. The van der Waals surface area contributed by atoms with Crippen LogP contribution in [0.1, 0.15) is 48.5 Å². The van der Waals surface area contributed by atoms with Gasteiger partial charge in [0.15, 0.2) is 0 Å². The van der Waals surface area contributed by atoms with Gasteiger partial charge in [0.25, 0.3) is 5.91 Å². The van der Waals surface area contributed by atoms with Crippen LogP contribution in [0.25, 0.3) is 0 Å². The first-order valence-electron chi connectivity index (χ1n) is 8.49. The van der Waals surface area contributed by atoms with Crippen LogP contribution in [0.3, 0.4) is 0 Å². The monoisotopic (exact) mass is 389 g/mol. The Kier molecular flexibility index (Phi) is 6.97. The summed E-state index contributed by atoms with van der Waals surface area (Å²) in [4.78, 5) is 26.4. The predicted molar refractivity (Wildman–Crippen MR) is 93.8 cm³/mol. The summed E-state index contributed by atoms with van der Waals surface area (Å²) < 4.78 is 42.9. The van der Waals surface area contributed by atoms with Gasteiger partial charge >= 0.3 is 12.1 Å². The quantitative estimate of drug-likeness (QED) is 0.536. The van der Waals surface area contributed by atoms with Crippen LogP contribution in [0.2, 0.25) is 0 Å². The van der Waals surface area contributed by atoms with E-state index in [-0.39, 0.29) is 10.9 Å². The number of halogens is 3. The molecule has 0 saturated carbocycles. The molecule has 1 aromatic carbocycles. The van der Waals surface area contributed by atoms with E-state index in [1.807, 2.05) is 0 Å². The second-order valence-corrected chi connectivity index (χ2v) is 7.32. The number of nitrogens with zero attached hydrogens (tertiary/aromatic N) is 1. The number of carbonyl (C=O) groups is 2. The fourth-order valence-electron chi connectivity index (χ4n) is 2.90. The fraction of sp³-hybridized carbons (Fsp3) is 0.556. The van der Waals surface area contributed by atoms with Crippen molar-refractivity contribution in [2.75, 3.05) is 12.9 Å². The lowest BCUT2D eigenvalue weighted by atomic mass is 10.1. The van der Waals surface area contributed by atoms with Crippen LogP contribution in [0.4, 0.5) is 13.2 Å². The summed E-state index contributed by atoms with van der Waals surface area (Å²) in [7, 11) is 1.26. The number of ether oxygens (including phenoxy) is 1. The molecule has 8 heteroatoms. The van der Waals surface area contributed by atoms with Gasteiger partial charge in [-0.3, -0.25) is 4.79 Å². The third-order valence-corrected chi connectivity index (χ3v) is 5.67. The SMILES string of the molecule is CCCCCC1SCC(C(=O)OC)N1C(=O)c1ccc(C(F)(F)F)cc1. The molecule has 1 heterocycles. The number of amides is 1. The molecule has 2 unspecified atom stereocenters. The van der Waals surface area contributed by atoms with E-state index in [9.17, 15) is 22.8 Å². The largest absolute Gasteiger partial charge is 0.467 e. The second kappa shape index (κ2) is 8.79. The van der Waals surface area contributed by atoms with Gasteiger partial charge in [0, 0.05) is 11.3 Å². The van der Waals surface area contributed by atoms with Gasteiger partial charge in [-0.2, -0.15) is 13.2 Å². The van der Waals surface area contributed by atoms with E-state index in [0.717, 1.165) is 49.9 Å². The molecule has 1 aromatic rings. The van der Waals surface area contributed by atoms with Gasteiger partial charge in [-0.1, -0.05) is 26.2 Å². The van der Waals surface area contributed by atoms with Crippen molar-refractivity contribution < 1.29 is 27.5 Å². The number of hydrogen-bond donors (Lipinski definition) is 0. The Morgan fingerprint density at radius 3 is 2.42 bits per heavy atom. The maximum atomic E-state index is 12.9. The molecular weight excluding hydrogens is 367 g/mol. The zero-order valence-electron chi connectivity index (χ0n) is 14.7. The van der Waals surface area contributed by atoms with Crippen molar-refractivity contribution in [1.82, 2.24) is 4.90 Å². The fourth-order valence-corrected chi connectivity index (χ4v) is 4.33. The Hall–Kier alpha value is -1.70. The van der Waals surface area contributed by atoms with Gasteiger partial charge in [-0.15, -0.1) is 11.8 Å². The van der Waals surface area contributed by atoms with Gasteiger partial charge < -0.3 is 9.64 Å². The molecule has 1 aliphatic heterocycles. The number of hydrogen-bond acceptors (Lipinski definition) is 4. The minimum atomic E-state index is -4.46. The molecule has 1 saturated heterocycles. The molecule has 0 aromatic heterocycles. The number of benzene rings is 1. The van der Waals surface area contributed by atoms with Gasteiger partial charge in [0.05, 0.1) is 18.0 Å². The molecule has 144 valence electrons. The average molecular weight is 389 g/mol. The summed E-state index contributed by atoms with van der Waals surface area (Å²) in [6.45, 7) is 2.07. The Morgan fingerprint density at radius 2 is 1.88 bits per heavy atom. The molecule has 26 heavy (non-hydrogen) atoms. The lowest BCUT2D eigenvalue weighted by Crippen LogP contribution is -2.46. The summed E-state index contributed by atoms with van der Waals surface area (Å²) >= 11 is 1.51. The van der Waals surface area contributed by atoms with Crippen molar-refractivity contribution in [2.45, 2.75) is 50.2 Å². The second-order valence-electron chi connectivity index (χ2n) is 6.11. The Labute approximate surface area is 155 Å². The lowest BCUT2D eigenvalue weighted by Gasteiger charge is -2.28. The molecule has 4 nitrogen and oxygen atoms in total. The van der Waals surface area contributed by atoms with Crippen LogP contribution in [-0.4, -0.2) is 41.1 Å². The highest BCUT2D eigenvalue weighted by Crippen LogP contribution is 2.35. The molecule has 0 aliphatic carbocycles. The Balaban J connectivity index is 2.23. The van der Waals surface area contributed by atoms with E-state index in [0.29, 0.717) is 5.75 Å². The maximum Gasteiger partial charge on any atom is 0.416 e. The van der Waals surface area contributed by atoms with Crippen LogP contribution in [0, 0.1) is 0 Å². The number of methoxy groups -OCH3 is 1.